The van der Waals surface area contributed by atoms with Crippen molar-refractivity contribution < 1.29 is 0 Å². The average molecular weight is 333 g/mol. The molecule has 0 radical (unpaired) electrons. The first-order chi connectivity index (χ1) is 11.7. The Morgan fingerprint density at radius 2 is 1.88 bits per heavy atom. The Balaban J connectivity index is 1.83. The third-order valence-electron chi connectivity index (χ3n) is 4.11. The summed E-state index contributed by atoms with van der Waals surface area (Å²) in [5.74, 6) is 1.06. The van der Waals surface area contributed by atoms with Gasteiger partial charge in [-0.05, 0) is 48.6 Å². The van der Waals surface area contributed by atoms with E-state index in [-0.39, 0.29) is 0 Å². The maximum absolute atomic E-state index is 4.90. The van der Waals surface area contributed by atoms with E-state index in [0.717, 1.165) is 23.7 Å². The number of pyridine rings is 1. The van der Waals surface area contributed by atoms with Crippen LogP contribution in [0.2, 0.25) is 0 Å². The molecule has 0 aliphatic carbocycles. The highest BCUT2D eigenvalue weighted by molar-refractivity contribution is 7.13. The van der Waals surface area contributed by atoms with Gasteiger partial charge in [0.25, 0.3) is 0 Å². The molecule has 3 aromatic heterocycles. The molecule has 4 heteroatoms. The highest BCUT2D eigenvalue weighted by Gasteiger charge is 2.16. The van der Waals surface area contributed by atoms with Crippen LogP contribution in [0, 0.1) is 13.8 Å². The van der Waals surface area contributed by atoms with Crippen LogP contribution in [-0.4, -0.2) is 9.38 Å². The molecule has 1 N–H and O–H groups in total. The van der Waals surface area contributed by atoms with E-state index in [2.05, 4.69) is 77.5 Å². The van der Waals surface area contributed by atoms with Crippen molar-refractivity contribution in [2.75, 3.05) is 5.32 Å². The molecule has 0 atom stereocenters. The van der Waals surface area contributed by atoms with Crippen molar-refractivity contribution in [2.24, 2.45) is 0 Å². The van der Waals surface area contributed by atoms with Gasteiger partial charge in [0.2, 0.25) is 0 Å². The Kier molecular flexibility index (Phi) is 3.82. The van der Waals surface area contributed by atoms with Crippen LogP contribution in [-0.2, 0) is 6.54 Å². The fourth-order valence-corrected chi connectivity index (χ4v) is 3.78. The van der Waals surface area contributed by atoms with E-state index >= 15 is 0 Å². The maximum Gasteiger partial charge on any atom is 0.140 e. The van der Waals surface area contributed by atoms with E-state index in [0.29, 0.717) is 0 Å². The normalized spacial score (nSPS) is 11.1. The molecule has 4 aromatic rings. The quantitative estimate of drug-likeness (QED) is 0.550. The smallest absolute Gasteiger partial charge is 0.140 e. The summed E-state index contributed by atoms with van der Waals surface area (Å²) in [6.45, 7) is 5.03. The monoisotopic (exact) mass is 333 g/mol. The topological polar surface area (TPSA) is 29.3 Å². The third kappa shape index (κ3) is 2.69. The first-order valence-electron chi connectivity index (χ1n) is 8.04. The molecule has 0 fully saturated rings. The summed E-state index contributed by atoms with van der Waals surface area (Å²) in [5, 5.41) is 5.70. The lowest BCUT2D eigenvalue weighted by molar-refractivity contribution is 1.04. The van der Waals surface area contributed by atoms with Crippen molar-refractivity contribution in [3.63, 3.8) is 0 Å². The molecule has 120 valence electrons. The lowest BCUT2D eigenvalue weighted by atomic mass is 10.2. The van der Waals surface area contributed by atoms with Crippen LogP contribution in [0.15, 0.2) is 60.0 Å². The summed E-state index contributed by atoms with van der Waals surface area (Å²) in [7, 11) is 0. The largest absolute Gasteiger partial charge is 0.365 e. The minimum atomic E-state index is 0.778. The zero-order valence-corrected chi connectivity index (χ0v) is 14.6. The molecule has 0 unspecified atom stereocenters. The number of nitrogens with one attached hydrogen (secondary N) is 1. The van der Waals surface area contributed by atoms with Gasteiger partial charge in [0.05, 0.1) is 4.88 Å². The van der Waals surface area contributed by atoms with Crippen molar-refractivity contribution in [3.05, 3.63) is 76.8 Å². The van der Waals surface area contributed by atoms with Crippen molar-refractivity contribution in [1.82, 2.24) is 9.38 Å². The van der Waals surface area contributed by atoms with Crippen molar-refractivity contribution in [2.45, 2.75) is 20.4 Å². The molecule has 0 bridgehead atoms. The van der Waals surface area contributed by atoms with Crippen LogP contribution in [0.1, 0.15) is 16.8 Å². The van der Waals surface area contributed by atoms with Gasteiger partial charge in [0.15, 0.2) is 0 Å². The zero-order chi connectivity index (χ0) is 16.5. The van der Waals surface area contributed by atoms with E-state index in [9.17, 15) is 0 Å². The second-order valence-electron chi connectivity index (χ2n) is 5.99. The van der Waals surface area contributed by atoms with Gasteiger partial charge in [-0.1, -0.05) is 36.4 Å². The Labute approximate surface area is 145 Å². The molecule has 3 nitrogen and oxygen atoms in total. The number of imidazole rings is 1. The van der Waals surface area contributed by atoms with Crippen LogP contribution >= 0.6 is 11.3 Å². The molecule has 0 aliphatic heterocycles. The van der Waals surface area contributed by atoms with Gasteiger partial charge in [-0.3, -0.25) is 4.40 Å². The Morgan fingerprint density at radius 1 is 1.04 bits per heavy atom. The molecule has 4 rings (SSSR count). The second kappa shape index (κ2) is 6.13. The van der Waals surface area contributed by atoms with Gasteiger partial charge in [0.1, 0.15) is 17.2 Å². The average Bonchev–Trinajstić information content (AvgIpc) is 3.21. The maximum atomic E-state index is 4.90. The van der Waals surface area contributed by atoms with Gasteiger partial charge >= 0.3 is 0 Å². The molecule has 0 spiro atoms. The van der Waals surface area contributed by atoms with Gasteiger partial charge < -0.3 is 5.32 Å². The Hall–Kier alpha value is -2.59. The molecule has 0 saturated heterocycles. The highest BCUT2D eigenvalue weighted by Crippen LogP contribution is 2.33. The minimum absolute atomic E-state index is 0.778. The molecule has 0 aliphatic rings. The molecule has 3 heterocycles. The van der Waals surface area contributed by atoms with Crippen LogP contribution in [0.3, 0.4) is 0 Å². The molecule has 0 amide bonds. The summed E-state index contributed by atoms with van der Waals surface area (Å²) in [6, 6.07) is 19.0. The van der Waals surface area contributed by atoms with Gasteiger partial charge in [-0.15, -0.1) is 11.3 Å². The first kappa shape index (κ1) is 15.0. The number of hydrogen-bond donors (Lipinski definition) is 1. The number of aryl methyl sites for hydroxylation is 2. The number of rotatable bonds is 4. The molecule has 0 saturated carbocycles. The number of fused-ring (bicyclic) bond motifs is 1. The van der Waals surface area contributed by atoms with E-state index in [1.165, 1.54) is 21.7 Å². The number of anilines is 1. The van der Waals surface area contributed by atoms with E-state index in [4.69, 9.17) is 4.98 Å². The van der Waals surface area contributed by atoms with Crippen molar-refractivity contribution in [1.29, 1.82) is 0 Å². The summed E-state index contributed by atoms with van der Waals surface area (Å²) < 4.78 is 2.21. The molecular formula is C20H19N3S. The Morgan fingerprint density at radius 3 is 2.62 bits per heavy atom. The van der Waals surface area contributed by atoms with E-state index < -0.39 is 0 Å². The van der Waals surface area contributed by atoms with Crippen molar-refractivity contribution >= 4 is 22.8 Å². The third-order valence-corrected chi connectivity index (χ3v) is 4.98. The lowest BCUT2D eigenvalue weighted by Gasteiger charge is -2.10. The fourth-order valence-electron chi connectivity index (χ4n) is 3.06. The van der Waals surface area contributed by atoms with Crippen molar-refractivity contribution in [3.8, 4) is 10.6 Å². The molecular weight excluding hydrogens is 314 g/mol. The SMILES string of the molecule is Cc1cc(C)n2c(NCc3ccccc3)c(-c3cccs3)nc2c1. The Bertz CT molecular complexity index is 969. The molecule has 1 aromatic carbocycles. The number of hydrogen-bond acceptors (Lipinski definition) is 3. The van der Waals surface area contributed by atoms with Crippen LogP contribution in [0.4, 0.5) is 5.82 Å². The standard InChI is InChI=1S/C20H19N3S/c1-14-11-15(2)23-18(12-14)22-19(17-9-6-10-24-17)20(23)21-13-16-7-4-3-5-8-16/h3-12,21H,13H2,1-2H3. The van der Waals surface area contributed by atoms with Crippen LogP contribution in [0.25, 0.3) is 16.2 Å². The minimum Gasteiger partial charge on any atom is -0.365 e. The summed E-state index contributed by atoms with van der Waals surface area (Å²) in [6.07, 6.45) is 0. The van der Waals surface area contributed by atoms with Crippen LogP contribution in [0.5, 0.6) is 0 Å². The summed E-state index contributed by atoms with van der Waals surface area (Å²) in [4.78, 5) is 6.09. The van der Waals surface area contributed by atoms with Gasteiger partial charge in [0, 0.05) is 12.2 Å². The van der Waals surface area contributed by atoms with Crippen LogP contribution < -0.4 is 5.32 Å². The zero-order valence-electron chi connectivity index (χ0n) is 13.8. The molecule has 24 heavy (non-hydrogen) atoms. The fraction of sp³-hybridized carbons (Fsp3) is 0.150. The number of aromatic nitrogens is 2. The summed E-state index contributed by atoms with van der Waals surface area (Å²) in [5.41, 5.74) is 5.70. The van der Waals surface area contributed by atoms with E-state index in [1.54, 1.807) is 11.3 Å². The van der Waals surface area contributed by atoms with E-state index in [1.807, 2.05) is 6.07 Å². The van der Waals surface area contributed by atoms with Gasteiger partial charge in [-0.25, -0.2) is 4.98 Å². The lowest BCUT2D eigenvalue weighted by Crippen LogP contribution is -2.04. The predicted octanol–water partition coefficient (Wildman–Crippen LogP) is 5.29. The van der Waals surface area contributed by atoms with Gasteiger partial charge in [-0.2, -0.15) is 0 Å². The number of thiophene rings is 1. The highest BCUT2D eigenvalue weighted by atomic mass is 32.1. The summed E-state index contributed by atoms with van der Waals surface area (Å²) >= 11 is 1.72. The number of nitrogens with zero attached hydrogens (tertiary/aromatic N) is 2. The first-order valence-corrected chi connectivity index (χ1v) is 8.92. The predicted molar refractivity (Wildman–Crippen MR) is 102 cm³/mol. The second-order valence-corrected chi connectivity index (χ2v) is 6.94. The number of benzene rings is 1.